The van der Waals surface area contributed by atoms with Crippen molar-refractivity contribution in [1.29, 1.82) is 0 Å². The van der Waals surface area contributed by atoms with Gasteiger partial charge in [0, 0.05) is 23.3 Å². The molecule has 0 radical (unpaired) electrons. The molecule has 3 aromatic rings. The van der Waals surface area contributed by atoms with Gasteiger partial charge < -0.3 is 4.98 Å². The predicted octanol–water partition coefficient (Wildman–Crippen LogP) is 3.32. The third-order valence-corrected chi connectivity index (χ3v) is 4.04. The molecule has 0 aliphatic carbocycles. The van der Waals surface area contributed by atoms with Crippen LogP contribution in [0.3, 0.4) is 0 Å². The molecule has 0 spiro atoms. The molecule has 0 bridgehead atoms. The first-order valence-electron chi connectivity index (χ1n) is 8.21. The molecule has 0 saturated carbocycles. The SMILES string of the molecule is CCCc1nc(C)n(-c2nccc3[nH]c(=O)ccc23)c1CCC. The summed E-state index contributed by atoms with van der Waals surface area (Å²) in [6.07, 6.45) is 5.82. The highest BCUT2D eigenvalue weighted by Crippen LogP contribution is 2.24. The number of hydrogen-bond donors (Lipinski definition) is 1. The van der Waals surface area contributed by atoms with Gasteiger partial charge in [0.1, 0.15) is 11.6 Å². The number of nitrogens with zero attached hydrogens (tertiary/aromatic N) is 3. The van der Waals surface area contributed by atoms with Crippen molar-refractivity contribution in [2.45, 2.75) is 46.5 Å². The second-order valence-corrected chi connectivity index (χ2v) is 5.81. The lowest BCUT2D eigenvalue weighted by atomic mass is 10.1. The van der Waals surface area contributed by atoms with Crippen molar-refractivity contribution >= 4 is 10.9 Å². The number of aromatic amines is 1. The Kier molecular flexibility index (Phi) is 4.28. The Balaban J connectivity index is 2.28. The van der Waals surface area contributed by atoms with E-state index in [0.717, 1.165) is 53.9 Å². The summed E-state index contributed by atoms with van der Waals surface area (Å²) in [5.74, 6) is 1.79. The maximum Gasteiger partial charge on any atom is 0.248 e. The summed E-state index contributed by atoms with van der Waals surface area (Å²) < 4.78 is 2.15. The predicted molar refractivity (Wildman–Crippen MR) is 92.2 cm³/mol. The van der Waals surface area contributed by atoms with Crippen molar-refractivity contribution in [3.63, 3.8) is 0 Å². The van der Waals surface area contributed by atoms with Crippen LogP contribution in [0.5, 0.6) is 0 Å². The third-order valence-electron chi connectivity index (χ3n) is 4.04. The molecule has 0 amide bonds. The van der Waals surface area contributed by atoms with Gasteiger partial charge in [0.2, 0.25) is 5.56 Å². The van der Waals surface area contributed by atoms with E-state index in [2.05, 4.69) is 28.4 Å². The smallest absolute Gasteiger partial charge is 0.248 e. The topological polar surface area (TPSA) is 63.6 Å². The molecule has 1 N–H and O–H groups in total. The lowest BCUT2D eigenvalue weighted by Gasteiger charge is -2.12. The van der Waals surface area contributed by atoms with Gasteiger partial charge in [-0.2, -0.15) is 0 Å². The molecule has 0 atom stereocenters. The van der Waals surface area contributed by atoms with E-state index in [1.54, 1.807) is 12.3 Å². The summed E-state index contributed by atoms with van der Waals surface area (Å²) in [6.45, 7) is 6.37. The van der Waals surface area contributed by atoms with Gasteiger partial charge in [-0.3, -0.25) is 9.36 Å². The number of H-pyrrole nitrogens is 1. The number of nitrogens with one attached hydrogen (secondary N) is 1. The van der Waals surface area contributed by atoms with Crippen LogP contribution in [0.1, 0.15) is 43.9 Å². The molecule has 0 saturated heterocycles. The van der Waals surface area contributed by atoms with Gasteiger partial charge in [-0.15, -0.1) is 0 Å². The zero-order valence-corrected chi connectivity index (χ0v) is 13.9. The first kappa shape index (κ1) is 15.5. The Bertz CT molecular complexity index is 892. The first-order chi connectivity index (χ1) is 11.2. The Labute approximate surface area is 135 Å². The van der Waals surface area contributed by atoms with Crippen LogP contribution in [-0.2, 0) is 12.8 Å². The fourth-order valence-corrected chi connectivity index (χ4v) is 3.09. The number of rotatable bonds is 5. The van der Waals surface area contributed by atoms with E-state index in [-0.39, 0.29) is 5.56 Å². The summed E-state index contributed by atoms with van der Waals surface area (Å²) in [5, 5.41) is 0.938. The summed E-state index contributed by atoms with van der Waals surface area (Å²) in [5.41, 5.74) is 3.10. The molecule has 0 aromatic carbocycles. The van der Waals surface area contributed by atoms with Crippen molar-refractivity contribution in [3.8, 4) is 5.82 Å². The highest BCUT2D eigenvalue weighted by molar-refractivity contribution is 5.85. The molecule has 0 aliphatic heterocycles. The number of aryl methyl sites for hydroxylation is 2. The maximum absolute atomic E-state index is 11.6. The van der Waals surface area contributed by atoms with Crippen LogP contribution >= 0.6 is 0 Å². The fraction of sp³-hybridized carbons (Fsp3) is 0.389. The van der Waals surface area contributed by atoms with Gasteiger partial charge >= 0.3 is 0 Å². The van der Waals surface area contributed by atoms with Crippen LogP contribution in [-0.4, -0.2) is 19.5 Å². The molecule has 120 valence electrons. The molecule has 0 fully saturated rings. The van der Waals surface area contributed by atoms with Gasteiger partial charge in [-0.25, -0.2) is 9.97 Å². The number of fused-ring (bicyclic) bond motifs is 1. The minimum absolute atomic E-state index is 0.0996. The number of aromatic nitrogens is 4. The van der Waals surface area contributed by atoms with Crippen molar-refractivity contribution < 1.29 is 0 Å². The zero-order valence-electron chi connectivity index (χ0n) is 13.9. The lowest BCUT2D eigenvalue weighted by molar-refractivity contribution is 0.794. The van der Waals surface area contributed by atoms with Crippen molar-refractivity contribution in [1.82, 2.24) is 19.5 Å². The second kappa shape index (κ2) is 6.36. The molecule has 23 heavy (non-hydrogen) atoms. The number of hydrogen-bond acceptors (Lipinski definition) is 3. The van der Waals surface area contributed by atoms with Gasteiger partial charge in [0.25, 0.3) is 0 Å². The molecule has 3 heterocycles. The molecular formula is C18H22N4O. The standard InChI is InChI=1S/C18H22N4O/c1-4-6-15-16(7-5-2)22(12(3)20-15)18-13-8-9-17(23)21-14(13)10-11-19-18/h8-11H,4-7H2,1-3H3,(H,21,23). The number of pyridine rings is 2. The van der Waals surface area contributed by atoms with Crippen LogP contribution < -0.4 is 5.56 Å². The van der Waals surface area contributed by atoms with E-state index in [1.165, 1.54) is 5.69 Å². The van der Waals surface area contributed by atoms with Crippen molar-refractivity contribution in [2.24, 2.45) is 0 Å². The van der Waals surface area contributed by atoms with E-state index in [0.29, 0.717) is 0 Å². The quantitative estimate of drug-likeness (QED) is 0.786. The van der Waals surface area contributed by atoms with E-state index in [9.17, 15) is 4.79 Å². The van der Waals surface area contributed by atoms with Crippen LogP contribution in [0.25, 0.3) is 16.7 Å². The molecule has 3 rings (SSSR count). The van der Waals surface area contributed by atoms with Crippen molar-refractivity contribution in [2.75, 3.05) is 0 Å². The van der Waals surface area contributed by atoms with Crippen molar-refractivity contribution in [3.05, 3.63) is 52.0 Å². The molecule has 3 aromatic heterocycles. The zero-order chi connectivity index (χ0) is 16.4. The highest BCUT2D eigenvalue weighted by Gasteiger charge is 2.17. The van der Waals surface area contributed by atoms with Gasteiger partial charge in [-0.1, -0.05) is 26.7 Å². The Morgan fingerprint density at radius 3 is 2.65 bits per heavy atom. The Morgan fingerprint density at radius 1 is 1.13 bits per heavy atom. The second-order valence-electron chi connectivity index (χ2n) is 5.81. The van der Waals surface area contributed by atoms with Gasteiger partial charge in [0.15, 0.2) is 0 Å². The third kappa shape index (κ3) is 2.79. The summed E-state index contributed by atoms with van der Waals surface area (Å²) in [7, 11) is 0. The highest BCUT2D eigenvalue weighted by atomic mass is 16.1. The average Bonchev–Trinajstić information content (AvgIpc) is 2.83. The summed E-state index contributed by atoms with van der Waals surface area (Å²) in [6, 6.07) is 5.22. The largest absolute Gasteiger partial charge is 0.322 e. The van der Waals surface area contributed by atoms with E-state index in [1.807, 2.05) is 19.1 Å². The van der Waals surface area contributed by atoms with Crippen LogP contribution in [0.15, 0.2) is 29.2 Å². The molecular weight excluding hydrogens is 288 g/mol. The van der Waals surface area contributed by atoms with E-state index < -0.39 is 0 Å². The lowest BCUT2D eigenvalue weighted by Crippen LogP contribution is -2.09. The summed E-state index contributed by atoms with van der Waals surface area (Å²) >= 11 is 0. The average molecular weight is 310 g/mol. The normalized spacial score (nSPS) is 11.3. The van der Waals surface area contributed by atoms with E-state index >= 15 is 0 Å². The molecule has 5 nitrogen and oxygen atoms in total. The molecule has 0 aliphatic rings. The van der Waals surface area contributed by atoms with E-state index in [4.69, 9.17) is 4.98 Å². The Hall–Kier alpha value is -2.43. The molecule has 0 unspecified atom stereocenters. The first-order valence-corrected chi connectivity index (χ1v) is 8.21. The van der Waals surface area contributed by atoms with Gasteiger partial charge in [0.05, 0.1) is 11.2 Å². The number of imidazole rings is 1. The fourth-order valence-electron chi connectivity index (χ4n) is 3.09. The summed E-state index contributed by atoms with van der Waals surface area (Å²) in [4.78, 5) is 23.8. The minimum atomic E-state index is -0.0996. The minimum Gasteiger partial charge on any atom is -0.322 e. The van der Waals surface area contributed by atoms with Crippen LogP contribution in [0.2, 0.25) is 0 Å². The van der Waals surface area contributed by atoms with Crippen LogP contribution in [0, 0.1) is 6.92 Å². The van der Waals surface area contributed by atoms with Crippen LogP contribution in [0.4, 0.5) is 0 Å². The maximum atomic E-state index is 11.6. The Morgan fingerprint density at radius 2 is 1.91 bits per heavy atom. The monoisotopic (exact) mass is 310 g/mol. The molecule has 5 heteroatoms. The van der Waals surface area contributed by atoms with Gasteiger partial charge in [-0.05, 0) is 31.9 Å².